The molecule has 3 aliphatic heterocycles. The molecule has 0 unspecified atom stereocenters. The molecular formula is C30H36F2N6O4. The minimum Gasteiger partial charge on any atom is -0.465 e. The molecule has 1 aromatic carbocycles. The van der Waals surface area contributed by atoms with Gasteiger partial charge in [-0.25, -0.2) is 8.78 Å². The number of rotatable bonds is 7. The van der Waals surface area contributed by atoms with Gasteiger partial charge in [0.1, 0.15) is 6.54 Å². The minimum absolute atomic E-state index is 0.0117. The Balaban J connectivity index is 1.40. The van der Waals surface area contributed by atoms with E-state index in [0.717, 1.165) is 54.0 Å². The van der Waals surface area contributed by atoms with E-state index in [1.165, 1.54) is 10.9 Å². The van der Waals surface area contributed by atoms with Crippen molar-refractivity contribution in [3.63, 3.8) is 0 Å². The zero-order valence-electron chi connectivity index (χ0n) is 24.0. The molecule has 0 aliphatic carbocycles. The smallest absolute Gasteiger partial charge is 0.327 e. The van der Waals surface area contributed by atoms with E-state index in [1.54, 1.807) is 26.1 Å². The molecule has 0 spiro atoms. The molecule has 6 rings (SSSR count). The molecule has 5 heterocycles. The third kappa shape index (κ3) is 5.39. The van der Waals surface area contributed by atoms with Crippen molar-refractivity contribution >= 4 is 23.4 Å². The summed E-state index contributed by atoms with van der Waals surface area (Å²) in [6, 6.07) is 3.63. The number of aromatic nitrogens is 4. The SMILES string of the molecule is CCOC(=O)Cn1cc(-c2cc3c(cc2C(F)F)N(c2nn(C4CCOCC4)c4c2CN(C(C)=O)CC4)CCC3)cn1. The summed E-state index contributed by atoms with van der Waals surface area (Å²) in [4.78, 5) is 28.1. The van der Waals surface area contributed by atoms with E-state index in [2.05, 4.69) is 14.7 Å². The quantitative estimate of drug-likeness (QED) is 0.376. The van der Waals surface area contributed by atoms with Gasteiger partial charge in [-0.15, -0.1) is 0 Å². The largest absolute Gasteiger partial charge is 0.465 e. The number of benzene rings is 1. The summed E-state index contributed by atoms with van der Waals surface area (Å²) in [5.74, 6) is 0.324. The molecule has 1 amide bonds. The van der Waals surface area contributed by atoms with Crippen molar-refractivity contribution in [2.45, 2.75) is 71.5 Å². The van der Waals surface area contributed by atoms with E-state index >= 15 is 0 Å². The normalized spacial score (nSPS) is 17.4. The Bertz CT molecular complexity index is 1480. The number of nitrogens with zero attached hydrogens (tertiary/aromatic N) is 6. The Morgan fingerprint density at radius 1 is 1.17 bits per heavy atom. The average molecular weight is 583 g/mol. The Hall–Kier alpha value is -3.80. The number of hydrogen-bond acceptors (Lipinski definition) is 7. The maximum atomic E-state index is 14.6. The highest BCUT2D eigenvalue weighted by atomic mass is 19.3. The molecule has 0 saturated carbocycles. The molecule has 1 fully saturated rings. The number of carbonyl (C=O) groups is 2. The number of anilines is 2. The van der Waals surface area contributed by atoms with Crippen LogP contribution in [0.4, 0.5) is 20.3 Å². The first kappa shape index (κ1) is 28.3. The highest BCUT2D eigenvalue weighted by Crippen LogP contribution is 2.43. The number of fused-ring (bicyclic) bond motifs is 2. The summed E-state index contributed by atoms with van der Waals surface area (Å²) in [5, 5.41) is 9.35. The van der Waals surface area contributed by atoms with Crippen LogP contribution in [-0.4, -0.2) is 69.2 Å². The number of halogens is 2. The number of aryl methyl sites for hydroxylation is 1. The summed E-state index contributed by atoms with van der Waals surface area (Å²) in [7, 11) is 0. The molecular weight excluding hydrogens is 546 g/mol. The molecule has 3 aromatic rings. The topological polar surface area (TPSA) is 94.7 Å². The number of alkyl halides is 2. The standard InChI is InChI=1S/C30H36F2N6O4/c1-3-42-28(40)18-36-16-21(15-33-36)23-13-20-5-4-9-37(27(20)14-24(23)29(31)32)30-25-17-35(19(2)39)10-6-26(25)38(34-30)22-7-11-41-12-8-22/h13-16,22,29H,3-12,17-18H2,1-2H3. The third-order valence-corrected chi connectivity index (χ3v) is 8.45. The molecule has 10 nitrogen and oxygen atoms in total. The molecule has 224 valence electrons. The molecule has 0 bridgehead atoms. The van der Waals surface area contributed by atoms with Gasteiger partial charge in [-0.3, -0.25) is 19.0 Å². The fraction of sp³-hybridized carbons (Fsp3) is 0.533. The Morgan fingerprint density at radius 3 is 2.71 bits per heavy atom. The van der Waals surface area contributed by atoms with Gasteiger partial charge in [-0.2, -0.15) is 10.2 Å². The lowest BCUT2D eigenvalue weighted by molar-refractivity contribution is -0.144. The van der Waals surface area contributed by atoms with Crippen LogP contribution in [0.1, 0.15) is 68.0 Å². The summed E-state index contributed by atoms with van der Waals surface area (Å²) in [6.45, 7) is 6.56. The predicted molar refractivity (Wildman–Crippen MR) is 151 cm³/mol. The van der Waals surface area contributed by atoms with E-state index < -0.39 is 12.4 Å². The first-order valence-corrected chi connectivity index (χ1v) is 14.7. The van der Waals surface area contributed by atoms with Crippen LogP contribution in [0.3, 0.4) is 0 Å². The zero-order chi connectivity index (χ0) is 29.4. The highest BCUT2D eigenvalue weighted by Gasteiger charge is 2.34. The second kappa shape index (κ2) is 11.8. The van der Waals surface area contributed by atoms with Crippen molar-refractivity contribution in [3.05, 3.63) is 46.9 Å². The fourth-order valence-electron chi connectivity index (χ4n) is 6.37. The van der Waals surface area contributed by atoms with Crippen LogP contribution in [0.15, 0.2) is 24.5 Å². The second-order valence-electron chi connectivity index (χ2n) is 11.1. The molecule has 3 aliphatic rings. The predicted octanol–water partition coefficient (Wildman–Crippen LogP) is 4.59. The van der Waals surface area contributed by atoms with Crippen molar-refractivity contribution in [2.24, 2.45) is 0 Å². The van der Waals surface area contributed by atoms with Crippen LogP contribution in [-0.2, 0) is 45.0 Å². The van der Waals surface area contributed by atoms with Crippen LogP contribution < -0.4 is 4.90 Å². The lowest BCUT2D eigenvalue weighted by Crippen LogP contribution is -2.36. The molecule has 0 atom stereocenters. The maximum absolute atomic E-state index is 14.6. The zero-order valence-corrected chi connectivity index (χ0v) is 24.0. The number of hydrogen-bond donors (Lipinski definition) is 0. The van der Waals surface area contributed by atoms with Crippen LogP contribution in [0.25, 0.3) is 11.1 Å². The van der Waals surface area contributed by atoms with E-state index in [4.69, 9.17) is 14.6 Å². The van der Waals surface area contributed by atoms with Gasteiger partial charge in [0.05, 0.1) is 25.4 Å². The number of amides is 1. The van der Waals surface area contributed by atoms with Crippen molar-refractivity contribution < 1.29 is 27.8 Å². The van der Waals surface area contributed by atoms with Crippen molar-refractivity contribution in [2.75, 3.05) is 37.8 Å². The van der Waals surface area contributed by atoms with E-state index in [1.807, 2.05) is 11.0 Å². The fourth-order valence-corrected chi connectivity index (χ4v) is 6.37. The molecule has 42 heavy (non-hydrogen) atoms. The first-order chi connectivity index (χ1) is 20.3. The van der Waals surface area contributed by atoms with Gasteiger partial charge in [-0.1, -0.05) is 0 Å². The number of ether oxygens (including phenoxy) is 2. The second-order valence-corrected chi connectivity index (χ2v) is 11.1. The molecule has 0 N–H and O–H groups in total. The molecule has 0 radical (unpaired) electrons. The average Bonchev–Trinajstić information content (AvgIpc) is 3.61. The summed E-state index contributed by atoms with van der Waals surface area (Å²) >= 11 is 0. The Labute approximate surface area is 243 Å². The number of esters is 1. The third-order valence-electron chi connectivity index (χ3n) is 8.45. The highest BCUT2D eigenvalue weighted by molar-refractivity contribution is 5.78. The molecule has 2 aromatic heterocycles. The Kier molecular flexibility index (Phi) is 7.98. The number of carbonyl (C=O) groups excluding carboxylic acids is 2. The minimum atomic E-state index is -2.72. The monoisotopic (exact) mass is 582 g/mol. The lowest BCUT2D eigenvalue weighted by atomic mass is 9.92. The van der Waals surface area contributed by atoms with Crippen LogP contribution >= 0.6 is 0 Å². The lowest BCUT2D eigenvalue weighted by Gasteiger charge is -2.33. The van der Waals surface area contributed by atoms with Gasteiger partial charge in [-0.05, 0) is 55.9 Å². The van der Waals surface area contributed by atoms with Gasteiger partial charge in [0.25, 0.3) is 6.43 Å². The summed E-state index contributed by atoms with van der Waals surface area (Å²) < 4.78 is 43.3. The van der Waals surface area contributed by atoms with Crippen LogP contribution in [0, 0.1) is 0 Å². The molecule has 12 heteroatoms. The van der Waals surface area contributed by atoms with E-state index in [0.29, 0.717) is 50.4 Å². The van der Waals surface area contributed by atoms with Crippen molar-refractivity contribution in [1.82, 2.24) is 24.5 Å². The van der Waals surface area contributed by atoms with Gasteiger partial charge >= 0.3 is 5.97 Å². The van der Waals surface area contributed by atoms with Crippen LogP contribution in [0.2, 0.25) is 0 Å². The van der Waals surface area contributed by atoms with Crippen molar-refractivity contribution in [3.8, 4) is 11.1 Å². The van der Waals surface area contributed by atoms with Gasteiger partial charge in [0.2, 0.25) is 5.91 Å². The molecule has 1 saturated heterocycles. The van der Waals surface area contributed by atoms with E-state index in [9.17, 15) is 18.4 Å². The van der Waals surface area contributed by atoms with Gasteiger partial charge in [0, 0.05) is 73.9 Å². The van der Waals surface area contributed by atoms with Gasteiger partial charge in [0.15, 0.2) is 5.82 Å². The van der Waals surface area contributed by atoms with Crippen LogP contribution in [0.5, 0.6) is 0 Å². The van der Waals surface area contributed by atoms with Crippen molar-refractivity contribution in [1.29, 1.82) is 0 Å². The summed E-state index contributed by atoms with van der Waals surface area (Å²) in [5.41, 5.74) is 4.62. The summed E-state index contributed by atoms with van der Waals surface area (Å²) in [6.07, 6.45) is 4.40. The van der Waals surface area contributed by atoms with Gasteiger partial charge < -0.3 is 19.3 Å². The van der Waals surface area contributed by atoms with E-state index in [-0.39, 0.29) is 30.7 Å². The first-order valence-electron chi connectivity index (χ1n) is 14.7. The Morgan fingerprint density at radius 2 is 1.98 bits per heavy atom. The maximum Gasteiger partial charge on any atom is 0.327 e.